The second-order valence-corrected chi connectivity index (χ2v) is 10.1. The van der Waals surface area contributed by atoms with Crippen molar-refractivity contribution < 1.29 is 14.3 Å². The summed E-state index contributed by atoms with van der Waals surface area (Å²) in [6.07, 6.45) is 6.79. The first-order chi connectivity index (χ1) is 17.2. The maximum atomic E-state index is 12.9. The Labute approximate surface area is 211 Å². The first-order valence-electron chi connectivity index (χ1n) is 11.6. The highest BCUT2D eigenvalue weighted by Gasteiger charge is 2.28. The van der Waals surface area contributed by atoms with E-state index in [-0.39, 0.29) is 24.5 Å². The Morgan fingerprint density at radius 2 is 1.94 bits per heavy atom. The predicted molar refractivity (Wildman–Crippen MR) is 137 cm³/mol. The Morgan fingerprint density at radius 1 is 1.19 bits per heavy atom. The Morgan fingerprint density at radius 3 is 2.61 bits per heavy atom. The van der Waals surface area contributed by atoms with Gasteiger partial charge in [0.15, 0.2) is 0 Å². The second-order valence-electron chi connectivity index (χ2n) is 9.13. The number of hydrogen-bond donors (Lipinski definition) is 2. The lowest BCUT2D eigenvalue weighted by Gasteiger charge is -2.38. The summed E-state index contributed by atoms with van der Waals surface area (Å²) in [5.74, 6) is -0.664. The number of carbonyl (C=O) groups excluding carboxylic acids is 2. The molecule has 2 amide bonds. The lowest BCUT2D eigenvalue weighted by atomic mass is 10.1. The number of aromatic nitrogens is 5. The maximum absolute atomic E-state index is 12.9. The minimum atomic E-state index is -0.544. The zero-order valence-electron chi connectivity index (χ0n) is 20.6. The summed E-state index contributed by atoms with van der Waals surface area (Å²) in [4.78, 5) is 33.2. The van der Waals surface area contributed by atoms with Crippen LogP contribution < -0.4 is 11.1 Å². The van der Waals surface area contributed by atoms with Crippen molar-refractivity contribution in [2.45, 2.75) is 32.9 Å². The Hall–Kier alpha value is -3.61. The molecule has 0 radical (unpaired) electrons. The van der Waals surface area contributed by atoms with Crippen LogP contribution in [0.5, 0.6) is 0 Å². The summed E-state index contributed by atoms with van der Waals surface area (Å²) in [5, 5.41) is 11.8. The molecule has 0 spiro atoms. The molecule has 3 N–H and O–H groups in total. The molecule has 188 valence electrons. The van der Waals surface area contributed by atoms with Crippen LogP contribution in [-0.4, -0.2) is 72.9 Å². The number of aryl methyl sites for hydroxylation is 2. The average molecular weight is 509 g/mol. The average Bonchev–Trinajstić information content (AvgIpc) is 3.52. The van der Waals surface area contributed by atoms with Crippen molar-refractivity contribution in [2.75, 3.05) is 25.1 Å². The molecule has 5 rings (SSSR count). The molecule has 1 fully saturated rings. The summed E-state index contributed by atoms with van der Waals surface area (Å²) in [5.41, 5.74) is 9.69. The van der Waals surface area contributed by atoms with Gasteiger partial charge in [0.05, 0.1) is 60.2 Å². The number of fused-ring (bicyclic) bond motifs is 1. The first kappa shape index (κ1) is 24.1. The largest absolute Gasteiger partial charge is 0.378 e. The summed E-state index contributed by atoms with van der Waals surface area (Å²) in [6, 6.07) is 2.21. The van der Waals surface area contributed by atoms with Crippen LogP contribution in [0.15, 0.2) is 30.9 Å². The minimum Gasteiger partial charge on any atom is -0.378 e. The molecule has 0 aromatic carbocycles. The number of nitrogens with zero attached hydrogens (tertiary/aromatic N) is 6. The van der Waals surface area contributed by atoms with Gasteiger partial charge in [-0.2, -0.15) is 10.2 Å². The number of rotatable bonds is 6. The number of ether oxygens (including phenoxy) is 1. The summed E-state index contributed by atoms with van der Waals surface area (Å²) < 4.78 is 8.99. The number of carbonyl (C=O) groups is 2. The molecule has 1 aliphatic rings. The van der Waals surface area contributed by atoms with E-state index in [2.05, 4.69) is 39.2 Å². The maximum Gasteiger partial charge on any atom is 0.253 e. The van der Waals surface area contributed by atoms with Gasteiger partial charge in [0, 0.05) is 42.1 Å². The highest BCUT2D eigenvalue weighted by atomic mass is 32.1. The van der Waals surface area contributed by atoms with Crippen molar-refractivity contribution in [1.29, 1.82) is 0 Å². The summed E-state index contributed by atoms with van der Waals surface area (Å²) in [7, 11) is 1.84. The van der Waals surface area contributed by atoms with Crippen molar-refractivity contribution in [2.24, 2.45) is 12.8 Å². The number of primary amides is 1. The number of amides is 2. The molecule has 4 aromatic rings. The van der Waals surface area contributed by atoms with E-state index in [1.54, 1.807) is 21.6 Å². The standard InChI is InChI=1S/C24H28N8O3S/c1-13-11-35-12-14(2)31(13)10-20(33)29-17-5-18(15(3)26-7-17)21-22(16-6-27-30(4)9-16)36-24-19(23(25)34)8-28-32(21)24/h5-9,13-14H,10-12H2,1-4H3,(H2,25,34)(H,29,33)/t13-,14+. The van der Waals surface area contributed by atoms with Crippen LogP contribution in [0.2, 0.25) is 0 Å². The fourth-order valence-electron chi connectivity index (χ4n) is 4.53. The SMILES string of the molecule is Cc1ncc(NC(=O)CN2[C@H](C)COC[C@@H]2C)cc1-c1c(-c2cnn(C)c2)sc2c(C(N)=O)cnn12. The Kier molecular flexibility index (Phi) is 6.33. The topological polar surface area (TPSA) is 133 Å². The van der Waals surface area contributed by atoms with Crippen LogP contribution in [-0.2, 0) is 16.6 Å². The van der Waals surface area contributed by atoms with Gasteiger partial charge in [-0.3, -0.25) is 24.2 Å². The molecular formula is C24H28N8O3S. The van der Waals surface area contributed by atoms with E-state index in [0.29, 0.717) is 29.3 Å². The molecule has 0 bridgehead atoms. The van der Waals surface area contributed by atoms with E-state index < -0.39 is 5.91 Å². The number of nitrogens with two attached hydrogens (primary N) is 1. The third-order valence-corrected chi connectivity index (χ3v) is 7.60. The molecule has 12 heteroatoms. The third kappa shape index (κ3) is 4.38. The van der Waals surface area contributed by atoms with E-state index in [1.165, 1.54) is 17.5 Å². The number of nitrogens with one attached hydrogen (secondary N) is 1. The van der Waals surface area contributed by atoms with Gasteiger partial charge < -0.3 is 15.8 Å². The van der Waals surface area contributed by atoms with Crippen LogP contribution in [0.25, 0.3) is 26.5 Å². The number of pyridine rings is 1. The van der Waals surface area contributed by atoms with Crippen LogP contribution in [0.4, 0.5) is 5.69 Å². The van der Waals surface area contributed by atoms with E-state index in [0.717, 1.165) is 27.4 Å². The fraction of sp³-hybridized carbons (Fsp3) is 0.375. The Balaban J connectivity index is 1.53. The number of thiazole rings is 1. The van der Waals surface area contributed by atoms with E-state index >= 15 is 0 Å². The van der Waals surface area contributed by atoms with Crippen LogP contribution in [0.3, 0.4) is 0 Å². The number of anilines is 1. The van der Waals surface area contributed by atoms with Gasteiger partial charge in [0.25, 0.3) is 5.91 Å². The van der Waals surface area contributed by atoms with Crippen molar-refractivity contribution in [3.63, 3.8) is 0 Å². The second kappa shape index (κ2) is 9.45. The molecule has 5 heterocycles. The molecule has 2 atom stereocenters. The van der Waals surface area contributed by atoms with Crippen molar-refractivity contribution in [3.8, 4) is 21.7 Å². The minimum absolute atomic E-state index is 0.120. The van der Waals surface area contributed by atoms with Crippen LogP contribution >= 0.6 is 11.3 Å². The highest BCUT2D eigenvalue weighted by molar-refractivity contribution is 7.21. The quantitative estimate of drug-likeness (QED) is 0.408. The Bertz CT molecular complexity index is 1440. The van der Waals surface area contributed by atoms with Gasteiger partial charge >= 0.3 is 0 Å². The third-order valence-electron chi connectivity index (χ3n) is 6.39. The normalized spacial score (nSPS) is 18.6. The number of hydrogen-bond acceptors (Lipinski definition) is 8. The van der Waals surface area contributed by atoms with Crippen LogP contribution in [0, 0.1) is 6.92 Å². The highest BCUT2D eigenvalue weighted by Crippen LogP contribution is 2.41. The van der Waals surface area contributed by atoms with Gasteiger partial charge in [-0.1, -0.05) is 0 Å². The monoisotopic (exact) mass is 508 g/mol. The fourth-order valence-corrected chi connectivity index (χ4v) is 5.73. The van der Waals surface area contributed by atoms with Gasteiger partial charge in [0.1, 0.15) is 4.83 Å². The lowest BCUT2D eigenvalue weighted by Crippen LogP contribution is -2.52. The van der Waals surface area contributed by atoms with Gasteiger partial charge in [-0.05, 0) is 26.8 Å². The zero-order chi connectivity index (χ0) is 25.6. The molecule has 0 aliphatic carbocycles. The molecular weight excluding hydrogens is 480 g/mol. The predicted octanol–water partition coefficient (Wildman–Crippen LogP) is 2.31. The molecule has 1 saturated heterocycles. The van der Waals surface area contributed by atoms with Gasteiger partial charge in [-0.15, -0.1) is 11.3 Å². The molecule has 1 aliphatic heterocycles. The zero-order valence-corrected chi connectivity index (χ0v) is 21.4. The number of morpholine rings is 1. The molecule has 36 heavy (non-hydrogen) atoms. The van der Waals surface area contributed by atoms with Gasteiger partial charge in [0.2, 0.25) is 5.91 Å². The molecule has 0 unspecified atom stereocenters. The molecule has 0 saturated carbocycles. The summed E-state index contributed by atoms with van der Waals surface area (Å²) >= 11 is 1.41. The van der Waals surface area contributed by atoms with Crippen LogP contribution in [0.1, 0.15) is 29.9 Å². The summed E-state index contributed by atoms with van der Waals surface area (Å²) in [6.45, 7) is 7.49. The van der Waals surface area contributed by atoms with Crippen molar-refractivity contribution in [3.05, 3.63) is 42.1 Å². The van der Waals surface area contributed by atoms with Crippen molar-refractivity contribution in [1.82, 2.24) is 29.3 Å². The van der Waals surface area contributed by atoms with E-state index in [9.17, 15) is 9.59 Å². The molecule has 4 aromatic heterocycles. The van der Waals surface area contributed by atoms with Gasteiger partial charge in [-0.25, -0.2) is 4.52 Å². The smallest absolute Gasteiger partial charge is 0.253 e. The van der Waals surface area contributed by atoms with E-state index in [4.69, 9.17) is 10.5 Å². The van der Waals surface area contributed by atoms with E-state index in [1.807, 2.05) is 26.2 Å². The lowest BCUT2D eigenvalue weighted by molar-refractivity contribution is -0.121. The molecule has 11 nitrogen and oxygen atoms in total. The first-order valence-corrected chi connectivity index (χ1v) is 12.4. The van der Waals surface area contributed by atoms with Crippen molar-refractivity contribution >= 4 is 33.7 Å².